The van der Waals surface area contributed by atoms with Crippen LogP contribution in [0, 0.1) is 0 Å². The van der Waals surface area contributed by atoms with Crippen LogP contribution in [0.1, 0.15) is 18.7 Å². The first-order valence-electron chi connectivity index (χ1n) is 16.7. The van der Waals surface area contributed by atoms with E-state index in [4.69, 9.17) is 15.0 Å². The highest BCUT2D eigenvalue weighted by Crippen LogP contribution is 2.32. The maximum atomic E-state index is 5.20. The summed E-state index contributed by atoms with van der Waals surface area (Å²) in [7, 11) is 0. The summed E-state index contributed by atoms with van der Waals surface area (Å²) in [5.41, 5.74) is 10.3. The number of aromatic nitrogens is 3. The number of rotatable bonds is 6. The fourth-order valence-corrected chi connectivity index (χ4v) is 8.16. The first-order valence-corrected chi connectivity index (χ1v) is 17.5. The smallest absolute Gasteiger partial charge is 0.164 e. The van der Waals surface area contributed by atoms with Gasteiger partial charge in [0.15, 0.2) is 17.5 Å². The van der Waals surface area contributed by atoms with Crippen molar-refractivity contribution in [3.8, 4) is 56.2 Å². The van der Waals surface area contributed by atoms with Crippen molar-refractivity contribution in [2.75, 3.05) is 0 Å². The van der Waals surface area contributed by atoms with E-state index in [1.165, 1.54) is 47.7 Å². The normalized spacial score (nSPS) is 12.4. The number of hydrogen-bond acceptors (Lipinski definition) is 4. The van der Waals surface area contributed by atoms with E-state index < -0.39 is 0 Å². The van der Waals surface area contributed by atoms with Crippen LogP contribution in [0.2, 0.25) is 0 Å². The highest BCUT2D eigenvalue weighted by molar-refractivity contribution is 7.17. The Labute approximate surface area is 289 Å². The maximum absolute atomic E-state index is 5.20. The average Bonchev–Trinajstić information content (AvgIpc) is 3.58. The first kappa shape index (κ1) is 29.2. The molecule has 2 heterocycles. The summed E-state index contributed by atoms with van der Waals surface area (Å²) >= 11 is 1.86. The van der Waals surface area contributed by atoms with Crippen molar-refractivity contribution in [3.05, 3.63) is 173 Å². The third-order valence-electron chi connectivity index (χ3n) is 9.26. The molecule has 0 N–H and O–H groups in total. The zero-order valence-electron chi connectivity index (χ0n) is 26.8. The molecule has 0 fully saturated rings. The quantitative estimate of drug-likeness (QED) is 0.181. The van der Waals surface area contributed by atoms with Crippen molar-refractivity contribution in [1.82, 2.24) is 15.0 Å². The molecule has 49 heavy (non-hydrogen) atoms. The van der Waals surface area contributed by atoms with Gasteiger partial charge < -0.3 is 0 Å². The van der Waals surface area contributed by atoms with Gasteiger partial charge in [0, 0.05) is 31.3 Å². The molecule has 0 radical (unpaired) electrons. The number of fused-ring (bicyclic) bond motifs is 3. The van der Waals surface area contributed by atoms with Gasteiger partial charge in [-0.25, -0.2) is 15.0 Å². The molecular formula is C45H31N3S. The second-order valence-corrected chi connectivity index (χ2v) is 13.3. The minimum atomic E-state index is 0.682. The molecule has 0 bridgehead atoms. The van der Waals surface area contributed by atoms with Crippen molar-refractivity contribution in [1.29, 1.82) is 0 Å². The molecule has 8 aromatic rings. The molecule has 0 aliphatic heterocycles. The summed E-state index contributed by atoms with van der Waals surface area (Å²) in [4.78, 5) is 15.5. The minimum absolute atomic E-state index is 0.682. The van der Waals surface area contributed by atoms with Crippen molar-refractivity contribution >= 4 is 33.1 Å². The molecule has 0 saturated heterocycles. The molecule has 0 atom stereocenters. The lowest BCUT2D eigenvalue weighted by atomic mass is 10.00. The van der Waals surface area contributed by atoms with Crippen LogP contribution in [0.15, 0.2) is 158 Å². The zero-order chi connectivity index (χ0) is 32.6. The molecule has 0 unspecified atom stereocenters. The molecule has 1 aliphatic carbocycles. The summed E-state index contributed by atoms with van der Waals surface area (Å²) in [5.74, 6) is 2.12. The van der Waals surface area contributed by atoms with E-state index in [1.807, 2.05) is 23.5 Å². The van der Waals surface area contributed by atoms with Gasteiger partial charge in [-0.05, 0) is 51.4 Å². The summed E-state index contributed by atoms with van der Waals surface area (Å²) in [6, 6.07) is 55.4. The lowest BCUT2D eigenvalue weighted by Crippen LogP contribution is -2.26. The highest BCUT2D eigenvalue weighted by atomic mass is 32.1. The van der Waals surface area contributed by atoms with Gasteiger partial charge in [-0.15, -0.1) is 11.3 Å². The van der Waals surface area contributed by atoms with Gasteiger partial charge in [-0.3, -0.25) is 0 Å². The molecule has 2 aromatic heterocycles. The van der Waals surface area contributed by atoms with Gasteiger partial charge in [0.1, 0.15) is 0 Å². The van der Waals surface area contributed by atoms with Crippen LogP contribution in [-0.2, 0) is 0 Å². The van der Waals surface area contributed by atoms with E-state index in [2.05, 4.69) is 152 Å². The van der Waals surface area contributed by atoms with Gasteiger partial charge in [0.2, 0.25) is 0 Å². The SMILES string of the molecule is C1=c2c(sc3c(-c4ccccc4)cccc23)=C(c2nc(-c3ccc(-c4ccccc4)cc3)nc(-c3ccc(-c4ccccc4)cc3)n2)CC1. The van der Waals surface area contributed by atoms with E-state index in [1.54, 1.807) is 0 Å². The number of hydrogen-bond donors (Lipinski definition) is 0. The zero-order valence-corrected chi connectivity index (χ0v) is 27.6. The maximum Gasteiger partial charge on any atom is 0.164 e. The van der Waals surface area contributed by atoms with E-state index in [9.17, 15) is 0 Å². The molecule has 1 aliphatic rings. The van der Waals surface area contributed by atoms with E-state index in [-0.39, 0.29) is 0 Å². The number of nitrogens with zero attached hydrogens (tertiary/aromatic N) is 3. The Balaban J connectivity index is 1.22. The third-order valence-corrected chi connectivity index (χ3v) is 10.6. The predicted octanol–water partition coefficient (Wildman–Crippen LogP) is 10.2. The highest BCUT2D eigenvalue weighted by Gasteiger charge is 2.19. The minimum Gasteiger partial charge on any atom is -0.208 e. The lowest BCUT2D eigenvalue weighted by molar-refractivity contribution is 0.987. The molecule has 9 rings (SSSR count). The van der Waals surface area contributed by atoms with Crippen LogP contribution in [0.25, 0.3) is 77.9 Å². The topological polar surface area (TPSA) is 38.7 Å². The van der Waals surface area contributed by atoms with Gasteiger partial charge in [0.25, 0.3) is 0 Å². The Morgan fingerprint density at radius 1 is 0.408 bits per heavy atom. The van der Waals surface area contributed by atoms with Gasteiger partial charge in [-0.2, -0.15) is 0 Å². The molecule has 0 spiro atoms. The van der Waals surface area contributed by atoms with Crippen molar-refractivity contribution in [3.63, 3.8) is 0 Å². The second kappa shape index (κ2) is 12.6. The predicted molar refractivity (Wildman–Crippen MR) is 204 cm³/mol. The molecule has 6 aromatic carbocycles. The average molecular weight is 646 g/mol. The molecular weight excluding hydrogens is 615 g/mol. The summed E-state index contributed by atoms with van der Waals surface area (Å²) in [6.45, 7) is 0. The van der Waals surface area contributed by atoms with E-state index in [0.29, 0.717) is 11.6 Å². The van der Waals surface area contributed by atoms with Crippen LogP contribution in [0.5, 0.6) is 0 Å². The van der Waals surface area contributed by atoms with Crippen LogP contribution >= 0.6 is 11.3 Å². The Morgan fingerprint density at radius 2 is 0.878 bits per heavy atom. The fraction of sp³-hybridized carbons (Fsp3) is 0.0444. The summed E-state index contributed by atoms with van der Waals surface area (Å²) < 4.78 is 2.56. The molecule has 3 nitrogen and oxygen atoms in total. The van der Waals surface area contributed by atoms with E-state index >= 15 is 0 Å². The Hall–Kier alpha value is -5.97. The standard InChI is InChI=1S/C45H31N3S/c1-4-12-30(13-5-1)32-22-26-35(27-23-32)43-46-44(36-28-24-33(25-29-36)31-14-6-2-7-15-31)48-45(47-43)40-21-11-20-39-38-19-10-18-37(41(38)49-42(39)40)34-16-8-3-9-17-34/h1-10,12-20,22-29H,11,21H2. The Kier molecular flexibility index (Phi) is 7.49. The van der Waals surface area contributed by atoms with Crippen molar-refractivity contribution < 1.29 is 0 Å². The molecule has 0 saturated carbocycles. The first-order chi connectivity index (χ1) is 24.3. The largest absolute Gasteiger partial charge is 0.208 e. The molecule has 4 heteroatoms. The van der Waals surface area contributed by atoms with Crippen LogP contribution in [0.3, 0.4) is 0 Å². The second-order valence-electron chi connectivity index (χ2n) is 12.3. The molecule has 0 amide bonds. The van der Waals surface area contributed by atoms with Crippen LogP contribution in [0.4, 0.5) is 0 Å². The van der Waals surface area contributed by atoms with Crippen molar-refractivity contribution in [2.45, 2.75) is 12.8 Å². The van der Waals surface area contributed by atoms with E-state index in [0.717, 1.165) is 40.9 Å². The monoisotopic (exact) mass is 645 g/mol. The third kappa shape index (κ3) is 5.56. The number of thiophene rings is 1. The Bertz CT molecular complexity index is 2460. The van der Waals surface area contributed by atoms with Gasteiger partial charge in [0.05, 0.1) is 0 Å². The van der Waals surface area contributed by atoms with Crippen molar-refractivity contribution in [2.24, 2.45) is 0 Å². The van der Waals surface area contributed by atoms with Crippen LogP contribution < -0.4 is 9.75 Å². The van der Waals surface area contributed by atoms with Gasteiger partial charge in [-0.1, -0.05) is 164 Å². The summed E-state index contributed by atoms with van der Waals surface area (Å²) in [6.07, 6.45) is 4.21. The number of benzene rings is 6. The molecule has 232 valence electrons. The lowest BCUT2D eigenvalue weighted by Gasteiger charge is -2.12. The summed E-state index contributed by atoms with van der Waals surface area (Å²) in [5, 5.41) is 2.59. The Morgan fingerprint density at radius 3 is 1.43 bits per heavy atom. The van der Waals surface area contributed by atoms with Crippen LogP contribution in [-0.4, -0.2) is 15.0 Å². The fourth-order valence-electron chi connectivity index (χ4n) is 6.75. The van der Waals surface area contributed by atoms with Gasteiger partial charge >= 0.3 is 0 Å².